The molecule has 0 spiro atoms. The number of benzene rings is 1. The van der Waals surface area contributed by atoms with Crippen molar-refractivity contribution in [2.75, 3.05) is 20.4 Å². The van der Waals surface area contributed by atoms with Crippen LogP contribution in [0.4, 0.5) is 0 Å². The smallest absolute Gasteiger partial charge is 0.263 e. The standard InChI is InChI=1S/C15H17N3O3S/c1-9(16-2)6-17-14(19)13-7-18-15(22-13)10-3-4-11-12(5-10)21-8-20-11/h3-5,7,9,16H,6,8H2,1-2H3,(H,17,19). The Balaban J connectivity index is 1.72. The summed E-state index contributed by atoms with van der Waals surface area (Å²) in [6.07, 6.45) is 1.60. The molecule has 2 aromatic rings. The summed E-state index contributed by atoms with van der Waals surface area (Å²) in [4.78, 5) is 17.0. The van der Waals surface area contributed by atoms with E-state index in [1.807, 2.05) is 32.2 Å². The maximum Gasteiger partial charge on any atom is 0.263 e. The Labute approximate surface area is 132 Å². The number of nitrogens with zero attached hydrogens (tertiary/aromatic N) is 1. The SMILES string of the molecule is CNC(C)CNC(=O)c1cnc(-c2ccc3c(c2)OCO3)s1. The molecule has 22 heavy (non-hydrogen) atoms. The Morgan fingerprint density at radius 3 is 3.05 bits per heavy atom. The molecule has 6 nitrogen and oxygen atoms in total. The largest absolute Gasteiger partial charge is 0.454 e. The number of nitrogens with one attached hydrogen (secondary N) is 2. The molecule has 2 N–H and O–H groups in total. The average molecular weight is 319 g/mol. The van der Waals surface area contributed by atoms with Crippen LogP contribution in [0.1, 0.15) is 16.6 Å². The molecular weight excluding hydrogens is 302 g/mol. The van der Waals surface area contributed by atoms with Crippen molar-refractivity contribution >= 4 is 17.2 Å². The highest BCUT2D eigenvalue weighted by Crippen LogP contribution is 2.36. The molecule has 0 bridgehead atoms. The van der Waals surface area contributed by atoms with Crippen LogP contribution >= 0.6 is 11.3 Å². The van der Waals surface area contributed by atoms with Gasteiger partial charge >= 0.3 is 0 Å². The van der Waals surface area contributed by atoms with Crippen LogP contribution in [0, 0.1) is 0 Å². The van der Waals surface area contributed by atoms with E-state index in [2.05, 4.69) is 15.6 Å². The first kappa shape index (κ1) is 14.8. The zero-order valence-electron chi connectivity index (χ0n) is 12.4. The number of thiazole rings is 1. The van der Waals surface area contributed by atoms with E-state index in [0.717, 1.165) is 16.3 Å². The molecule has 1 aromatic carbocycles. The molecule has 0 fully saturated rings. The molecule has 1 aliphatic heterocycles. The third-order valence-electron chi connectivity index (χ3n) is 3.41. The van der Waals surface area contributed by atoms with E-state index in [4.69, 9.17) is 9.47 Å². The van der Waals surface area contributed by atoms with Gasteiger partial charge in [-0.15, -0.1) is 11.3 Å². The number of ether oxygens (including phenoxy) is 2. The monoisotopic (exact) mass is 319 g/mol. The van der Waals surface area contributed by atoms with Crippen molar-refractivity contribution in [2.24, 2.45) is 0 Å². The topological polar surface area (TPSA) is 72.5 Å². The van der Waals surface area contributed by atoms with Crippen molar-refractivity contribution < 1.29 is 14.3 Å². The number of aromatic nitrogens is 1. The number of carbonyl (C=O) groups is 1. The molecule has 1 aromatic heterocycles. The fourth-order valence-electron chi connectivity index (χ4n) is 1.98. The second-order valence-electron chi connectivity index (χ2n) is 5.00. The lowest BCUT2D eigenvalue weighted by atomic mass is 10.2. The van der Waals surface area contributed by atoms with Crippen molar-refractivity contribution in [3.05, 3.63) is 29.3 Å². The van der Waals surface area contributed by atoms with E-state index < -0.39 is 0 Å². The van der Waals surface area contributed by atoms with Crippen molar-refractivity contribution in [2.45, 2.75) is 13.0 Å². The highest BCUT2D eigenvalue weighted by molar-refractivity contribution is 7.16. The van der Waals surface area contributed by atoms with Gasteiger partial charge in [0.2, 0.25) is 6.79 Å². The van der Waals surface area contributed by atoms with Gasteiger partial charge in [0.15, 0.2) is 11.5 Å². The Kier molecular flexibility index (Phi) is 4.26. The summed E-state index contributed by atoms with van der Waals surface area (Å²) in [5.41, 5.74) is 0.914. The maximum absolute atomic E-state index is 12.1. The summed E-state index contributed by atoms with van der Waals surface area (Å²) in [6, 6.07) is 5.88. The maximum atomic E-state index is 12.1. The van der Waals surface area contributed by atoms with Crippen molar-refractivity contribution in [1.29, 1.82) is 0 Å². The number of rotatable bonds is 5. The van der Waals surface area contributed by atoms with E-state index in [1.54, 1.807) is 6.20 Å². The molecule has 1 amide bonds. The third kappa shape index (κ3) is 3.05. The predicted octanol–water partition coefficient (Wildman–Crippen LogP) is 1.88. The van der Waals surface area contributed by atoms with Gasteiger partial charge < -0.3 is 20.1 Å². The van der Waals surface area contributed by atoms with Crippen LogP contribution in [0.2, 0.25) is 0 Å². The van der Waals surface area contributed by atoms with Crippen LogP contribution in [-0.2, 0) is 0 Å². The Morgan fingerprint density at radius 1 is 1.41 bits per heavy atom. The number of hydrogen-bond acceptors (Lipinski definition) is 6. The molecule has 1 atom stereocenters. The molecule has 0 aliphatic carbocycles. The minimum absolute atomic E-state index is 0.105. The summed E-state index contributed by atoms with van der Waals surface area (Å²) in [5, 5.41) is 6.74. The van der Waals surface area contributed by atoms with E-state index in [-0.39, 0.29) is 18.7 Å². The quantitative estimate of drug-likeness (QED) is 0.880. The van der Waals surface area contributed by atoms with Crippen LogP contribution in [0.3, 0.4) is 0 Å². The van der Waals surface area contributed by atoms with Gasteiger partial charge in [-0.25, -0.2) is 4.98 Å². The van der Waals surface area contributed by atoms with E-state index >= 15 is 0 Å². The molecule has 2 heterocycles. The minimum atomic E-state index is -0.105. The molecule has 116 valence electrons. The zero-order chi connectivity index (χ0) is 15.5. The number of carbonyl (C=O) groups excluding carboxylic acids is 1. The third-order valence-corrected chi connectivity index (χ3v) is 4.46. The van der Waals surface area contributed by atoms with E-state index in [9.17, 15) is 4.79 Å². The second kappa shape index (κ2) is 6.33. The van der Waals surface area contributed by atoms with Crippen LogP contribution in [0.25, 0.3) is 10.6 Å². The highest BCUT2D eigenvalue weighted by Gasteiger charge is 2.17. The number of fused-ring (bicyclic) bond motifs is 1. The molecule has 0 saturated heterocycles. The van der Waals surface area contributed by atoms with Crippen LogP contribution in [-0.4, -0.2) is 37.3 Å². The summed E-state index contributed by atoms with van der Waals surface area (Å²) in [5.74, 6) is 1.34. The number of likely N-dealkylation sites (N-methyl/N-ethyl adjacent to an activating group) is 1. The fourth-order valence-corrected chi connectivity index (χ4v) is 2.81. The lowest BCUT2D eigenvalue weighted by molar-refractivity contribution is 0.0954. The van der Waals surface area contributed by atoms with Gasteiger partial charge in [0, 0.05) is 18.2 Å². The van der Waals surface area contributed by atoms with Crippen LogP contribution in [0.5, 0.6) is 11.5 Å². The minimum Gasteiger partial charge on any atom is -0.454 e. The Bertz CT molecular complexity index is 686. The summed E-state index contributed by atoms with van der Waals surface area (Å²) in [7, 11) is 1.86. The molecule has 7 heteroatoms. The first-order chi connectivity index (χ1) is 10.7. The van der Waals surface area contributed by atoms with Crippen molar-refractivity contribution in [1.82, 2.24) is 15.6 Å². The second-order valence-corrected chi connectivity index (χ2v) is 6.03. The van der Waals surface area contributed by atoms with Gasteiger partial charge in [0.25, 0.3) is 5.91 Å². The van der Waals surface area contributed by atoms with Gasteiger partial charge in [-0.1, -0.05) is 0 Å². The normalized spacial score (nSPS) is 13.9. The van der Waals surface area contributed by atoms with Gasteiger partial charge in [0.05, 0.1) is 6.20 Å². The van der Waals surface area contributed by atoms with Crippen LogP contribution in [0.15, 0.2) is 24.4 Å². The molecular formula is C15H17N3O3S. The summed E-state index contributed by atoms with van der Waals surface area (Å²) in [6.45, 7) is 2.82. The van der Waals surface area contributed by atoms with E-state index in [0.29, 0.717) is 17.2 Å². The van der Waals surface area contributed by atoms with Crippen molar-refractivity contribution in [3.63, 3.8) is 0 Å². The summed E-state index contributed by atoms with van der Waals surface area (Å²) >= 11 is 1.36. The highest BCUT2D eigenvalue weighted by atomic mass is 32.1. The predicted molar refractivity (Wildman–Crippen MR) is 84.5 cm³/mol. The zero-order valence-corrected chi connectivity index (χ0v) is 13.2. The van der Waals surface area contributed by atoms with Crippen molar-refractivity contribution in [3.8, 4) is 22.1 Å². The summed E-state index contributed by atoms with van der Waals surface area (Å²) < 4.78 is 10.6. The average Bonchev–Trinajstić information content (AvgIpc) is 3.20. The van der Waals surface area contributed by atoms with Gasteiger partial charge in [-0.2, -0.15) is 0 Å². The molecule has 1 unspecified atom stereocenters. The fraction of sp³-hybridized carbons (Fsp3) is 0.333. The molecule has 3 rings (SSSR count). The molecule has 0 radical (unpaired) electrons. The van der Waals surface area contributed by atoms with E-state index in [1.165, 1.54) is 11.3 Å². The number of hydrogen-bond donors (Lipinski definition) is 2. The van der Waals surface area contributed by atoms with Gasteiger partial charge in [0.1, 0.15) is 9.88 Å². The van der Waals surface area contributed by atoms with Crippen LogP contribution < -0.4 is 20.1 Å². The lowest BCUT2D eigenvalue weighted by Gasteiger charge is -2.10. The van der Waals surface area contributed by atoms with Gasteiger partial charge in [-0.05, 0) is 32.2 Å². The first-order valence-electron chi connectivity index (χ1n) is 6.98. The Hall–Kier alpha value is -2.12. The lowest BCUT2D eigenvalue weighted by Crippen LogP contribution is -2.36. The Morgan fingerprint density at radius 2 is 2.23 bits per heavy atom. The molecule has 1 aliphatic rings. The van der Waals surface area contributed by atoms with Gasteiger partial charge in [-0.3, -0.25) is 4.79 Å². The molecule has 0 saturated carbocycles. The first-order valence-corrected chi connectivity index (χ1v) is 7.80. The number of amides is 1.